The van der Waals surface area contributed by atoms with Crippen molar-refractivity contribution in [3.8, 4) is 5.69 Å². The molecule has 0 aliphatic rings. The minimum Gasteiger partial charge on any atom is -0.466 e. The van der Waals surface area contributed by atoms with Gasteiger partial charge in [-0.3, -0.25) is 14.4 Å². The molecule has 0 amide bonds. The SMILES string of the molecule is CCOC(=O)Cc1csc(=NC)n1-c1c(C)cc(C)cc1C. The van der Waals surface area contributed by atoms with E-state index >= 15 is 0 Å². The van der Waals surface area contributed by atoms with E-state index in [2.05, 4.69) is 42.5 Å². The van der Waals surface area contributed by atoms with Crippen molar-refractivity contribution in [3.63, 3.8) is 0 Å². The van der Waals surface area contributed by atoms with Gasteiger partial charge in [-0.05, 0) is 38.8 Å². The molecule has 0 saturated carbocycles. The molecule has 22 heavy (non-hydrogen) atoms. The molecular formula is C17H22N2O2S. The second-order valence-corrected chi connectivity index (χ2v) is 6.13. The Hall–Kier alpha value is -1.88. The second kappa shape index (κ2) is 6.92. The summed E-state index contributed by atoms with van der Waals surface area (Å²) in [4.78, 5) is 17.1. The first-order chi connectivity index (χ1) is 10.5. The van der Waals surface area contributed by atoms with E-state index in [4.69, 9.17) is 4.74 Å². The van der Waals surface area contributed by atoms with E-state index in [-0.39, 0.29) is 12.4 Å². The van der Waals surface area contributed by atoms with Crippen LogP contribution in [0.2, 0.25) is 0 Å². The lowest BCUT2D eigenvalue weighted by Crippen LogP contribution is -2.20. The molecule has 2 rings (SSSR count). The Morgan fingerprint density at radius 1 is 1.27 bits per heavy atom. The van der Waals surface area contributed by atoms with Gasteiger partial charge in [0.05, 0.1) is 18.7 Å². The molecule has 0 bridgehead atoms. The number of nitrogens with zero attached hydrogens (tertiary/aromatic N) is 2. The normalized spacial score (nSPS) is 11.8. The summed E-state index contributed by atoms with van der Waals surface area (Å²) in [6, 6.07) is 4.31. The fourth-order valence-electron chi connectivity index (χ4n) is 2.75. The molecule has 4 nitrogen and oxygen atoms in total. The van der Waals surface area contributed by atoms with E-state index in [0.29, 0.717) is 6.61 Å². The molecule has 1 heterocycles. The predicted octanol–water partition coefficient (Wildman–Crippen LogP) is 3.10. The van der Waals surface area contributed by atoms with Crippen molar-refractivity contribution < 1.29 is 9.53 Å². The van der Waals surface area contributed by atoms with Gasteiger partial charge in [-0.25, -0.2) is 0 Å². The highest BCUT2D eigenvalue weighted by atomic mass is 32.1. The number of hydrogen-bond acceptors (Lipinski definition) is 4. The first-order valence-electron chi connectivity index (χ1n) is 7.34. The van der Waals surface area contributed by atoms with E-state index in [1.807, 2.05) is 12.3 Å². The zero-order chi connectivity index (χ0) is 16.3. The zero-order valence-corrected chi connectivity index (χ0v) is 14.6. The largest absolute Gasteiger partial charge is 0.466 e. The van der Waals surface area contributed by atoms with Crippen LogP contribution in [0.1, 0.15) is 29.3 Å². The maximum absolute atomic E-state index is 11.9. The van der Waals surface area contributed by atoms with Gasteiger partial charge >= 0.3 is 5.97 Å². The van der Waals surface area contributed by atoms with Gasteiger partial charge in [0.2, 0.25) is 0 Å². The standard InChI is InChI=1S/C17H22N2O2S/c1-6-21-15(20)9-14-10-22-17(18-5)19(14)16-12(3)7-11(2)8-13(16)4/h7-8,10H,6,9H2,1-5H3. The maximum Gasteiger partial charge on any atom is 0.311 e. The van der Waals surface area contributed by atoms with Crippen LogP contribution in [0.5, 0.6) is 0 Å². The average Bonchev–Trinajstić information content (AvgIpc) is 2.81. The van der Waals surface area contributed by atoms with Crippen molar-refractivity contribution >= 4 is 17.3 Å². The number of aromatic nitrogens is 1. The third-order valence-electron chi connectivity index (χ3n) is 3.46. The molecular weight excluding hydrogens is 296 g/mol. The van der Waals surface area contributed by atoms with E-state index < -0.39 is 0 Å². The molecule has 0 atom stereocenters. The molecule has 0 radical (unpaired) electrons. The van der Waals surface area contributed by atoms with Crippen LogP contribution >= 0.6 is 11.3 Å². The Morgan fingerprint density at radius 3 is 2.45 bits per heavy atom. The van der Waals surface area contributed by atoms with Gasteiger partial charge < -0.3 is 4.74 Å². The van der Waals surface area contributed by atoms with Crippen molar-refractivity contribution in [1.29, 1.82) is 0 Å². The molecule has 1 aromatic carbocycles. The van der Waals surface area contributed by atoms with Gasteiger partial charge in [0.15, 0.2) is 4.80 Å². The maximum atomic E-state index is 11.9. The zero-order valence-electron chi connectivity index (χ0n) is 13.8. The quantitative estimate of drug-likeness (QED) is 0.813. The summed E-state index contributed by atoms with van der Waals surface area (Å²) < 4.78 is 7.16. The summed E-state index contributed by atoms with van der Waals surface area (Å²) in [5, 5.41) is 1.98. The summed E-state index contributed by atoms with van der Waals surface area (Å²) >= 11 is 1.54. The number of rotatable bonds is 4. The number of hydrogen-bond donors (Lipinski definition) is 0. The summed E-state index contributed by atoms with van der Waals surface area (Å²) in [5.41, 5.74) is 5.61. The number of carbonyl (C=O) groups is 1. The first kappa shape index (κ1) is 16.5. The Kier molecular flexibility index (Phi) is 5.19. The molecule has 0 aliphatic carbocycles. The van der Waals surface area contributed by atoms with Crippen molar-refractivity contribution in [2.45, 2.75) is 34.1 Å². The molecule has 0 N–H and O–H groups in total. The summed E-state index contributed by atoms with van der Waals surface area (Å²) in [5.74, 6) is -0.209. The molecule has 118 valence electrons. The Bertz CT molecular complexity index is 733. The molecule has 2 aromatic rings. The van der Waals surface area contributed by atoms with Crippen LogP contribution in [0, 0.1) is 20.8 Å². The fraction of sp³-hybridized carbons (Fsp3) is 0.412. The highest BCUT2D eigenvalue weighted by Gasteiger charge is 2.15. The lowest BCUT2D eigenvalue weighted by molar-refractivity contribution is -0.142. The Labute approximate surface area is 135 Å². The number of aryl methyl sites for hydroxylation is 3. The van der Waals surface area contributed by atoms with Crippen LogP contribution in [-0.2, 0) is 16.0 Å². The van der Waals surface area contributed by atoms with Gasteiger partial charge in [-0.15, -0.1) is 11.3 Å². The molecule has 0 fully saturated rings. The van der Waals surface area contributed by atoms with Crippen molar-refractivity contribution in [1.82, 2.24) is 4.57 Å². The third kappa shape index (κ3) is 3.30. The monoisotopic (exact) mass is 318 g/mol. The van der Waals surface area contributed by atoms with Gasteiger partial charge in [0, 0.05) is 18.1 Å². The lowest BCUT2D eigenvalue weighted by Gasteiger charge is -2.15. The van der Waals surface area contributed by atoms with Crippen LogP contribution in [-0.4, -0.2) is 24.2 Å². The minimum atomic E-state index is -0.209. The minimum absolute atomic E-state index is 0.209. The molecule has 1 aromatic heterocycles. The summed E-state index contributed by atoms with van der Waals surface area (Å²) in [6.45, 7) is 8.49. The fourth-order valence-corrected chi connectivity index (χ4v) is 3.60. The van der Waals surface area contributed by atoms with E-state index in [0.717, 1.165) is 16.2 Å². The molecule has 0 unspecified atom stereocenters. The third-order valence-corrected chi connectivity index (χ3v) is 4.43. The van der Waals surface area contributed by atoms with Gasteiger partial charge in [-0.1, -0.05) is 17.7 Å². The van der Waals surface area contributed by atoms with Gasteiger partial charge in [0.25, 0.3) is 0 Å². The van der Waals surface area contributed by atoms with Crippen LogP contribution < -0.4 is 4.80 Å². The first-order valence-corrected chi connectivity index (χ1v) is 8.22. The van der Waals surface area contributed by atoms with Crippen LogP contribution in [0.15, 0.2) is 22.5 Å². The number of carbonyl (C=O) groups excluding carboxylic acids is 1. The molecule has 0 spiro atoms. The lowest BCUT2D eigenvalue weighted by atomic mass is 10.0. The van der Waals surface area contributed by atoms with Crippen LogP contribution in [0.3, 0.4) is 0 Å². The number of thiazole rings is 1. The number of ether oxygens (including phenoxy) is 1. The Morgan fingerprint density at radius 2 is 1.91 bits per heavy atom. The van der Waals surface area contributed by atoms with Crippen molar-refractivity contribution in [2.24, 2.45) is 4.99 Å². The van der Waals surface area contributed by atoms with Crippen molar-refractivity contribution in [3.05, 3.63) is 44.7 Å². The van der Waals surface area contributed by atoms with E-state index in [1.54, 1.807) is 18.4 Å². The predicted molar refractivity (Wildman–Crippen MR) is 89.7 cm³/mol. The highest BCUT2D eigenvalue weighted by molar-refractivity contribution is 7.07. The average molecular weight is 318 g/mol. The highest BCUT2D eigenvalue weighted by Crippen LogP contribution is 2.22. The van der Waals surface area contributed by atoms with E-state index in [9.17, 15) is 4.79 Å². The van der Waals surface area contributed by atoms with E-state index in [1.165, 1.54) is 16.7 Å². The van der Waals surface area contributed by atoms with Gasteiger partial charge in [0.1, 0.15) is 0 Å². The number of esters is 1. The topological polar surface area (TPSA) is 43.6 Å². The molecule has 0 saturated heterocycles. The molecule has 5 heteroatoms. The second-order valence-electron chi connectivity index (χ2n) is 5.30. The summed E-state index contributed by atoms with van der Waals surface area (Å²) in [7, 11) is 1.77. The smallest absolute Gasteiger partial charge is 0.311 e. The number of benzene rings is 1. The molecule has 0 aliphatic heterocycles. The van der Waals surface area contributed by atoms with Gasteiger partial charge in [-0.2, -0.15) is 0 Å². The van der Waals surface area contributed by atoms with Crippen LogP contribution in [0.4, 0.5) is 0 Å². The Balaban J connectivity index is 2.60. The summed E-state index contributed by atoms with van der Waals surface area (Å²) in [6.07, 6.45) is 0.257. The van der Waals surface area contributed by atoms with Crippen LogP contribution in [0.25, 0.3) is 5.69 Å². The van der Waals surface area contributed by atoms with Crippen molar-refractivity contribution in [2.75, 3.05) is 13.7 Å².